The van der Waals surface area contributed by atoms with E-state index in [4.69, 9.17) is 11.6 Å². The minimum absolute atomic E-state index is 0.0999. The van der Waals surface area contributed by atoms with Gasteiger partial charge >= 0.3 is 6.98 Å². The standard InChI is InChI=1S/C8H5BClF4/c10-7-2-1-6(5-8(7)11)3-4-9(12,13)14/h1-5H/q-1/b4-3+. The summed E-state index contributed by atoms with van der Waals surface area (Å²) in [5.74, 6) is -0.633. The van der Waals surface area contributed by atoms with Crippen LogP contribution in [-0.4, -0.2) is 6.98 Å². The van der Waals surface area contributed by atoms with Crippen LogP contribution in [0, 0.1) is 5.82 Å². The summed E-state index contributed by atoms with van der Waals surface area (Å²) < 4.78 is 48.1. The second-order valence-electron chi connectivity index (χ2n) is 2.66. The fourth-order valence-electron chi connectivity index (χ4n) is 0.836. The summed E-state index contributed by atoms with van der Waals surface area (Å²) in [6, 6.07) is 3.46. The number of hydrogen-bond acceptors (Lipinski definition) is 0. The van der Waals surface area contributed by atoms with Gasteiger partial charge in [-0.2, -0.15) is 0 Å². The molecule has 0 atom stereocenters. The van der Waals surface area contributed by atoms with Crippen LogP contribution in [0.1, 0.15) is 5.56 Å². The Morgan fingerprint density at radius 3 is 2.36 bits per heavy atom. The quantitative estimate of drug-likeness (QED) is 0.527. The Morgan fingerprint density at radius 1 is 1.21 bits per heavy atom. The van der Waals surface area contributed by atoms with Crippen molar-refractivity contribution in [3.8, 4) is 0 Å². The van der Waals surface area contributed by atoms with Gasteiger partial charge in [0.1, 0.15) is 5.82 Å². The minimum Gasteiger partial charge on any atom is -0.445 e. The Bertz CT molecular complexity index is 359. The molecule has 0 N–H and O–H groups in total. The van der Waals surface area contributed by atoms with Gasteiger partial charge in [0.15, 0.2) is 0 Å². The lowest BCUT2D eigenvalue weighted by Gasteiger charge is -2.06. The molecule has 0 saturated carbocycles. The fourth-order valence-corrected chi connectivity index (χ4v) is 0.954. The lowest BCUT2D eigenvalue weighted by atomic mass is 9.91. The molecule has 0 aliphatic carbocycles. The van der Waals surface area contributed by atoms with Gasteiger partial charge in [0.25, 0.3) is 0 Å². The van der Waals surface area contributed by atoms with Crippen molar-refractivity contribution in [3.63, 3.8) is 0 Å². The molecule has 1 aromatic carbocycles. The second-order valence-corrected chi connectivity index (χ2v) is 3.07. The van der Waals surface area contributed by atoms with E-state index in [0.29, 0.717) is 0 Å². The first kappa shape index (κ1) is 11.1. The molecule has 0 unspecified atom stereocenters. The van der Waals surface area contributed by atoms with Gasteiger partial charge in [0, 0.05) is 0 Å². The molecule has 0 aliphatic rings. The van der Waals surface area contributed by atoms with Crippen molar-refractivity contribution in [2.75, 3.05) is 0 Å². The third-order valence-corrected chi connectivity index (χ3v) is 1.76. The fraction of sp³-hybridized carbons (Fsp3) is 0. The van der Waals surface area contributed by atoms with Gasteiger partial charge < -0.3 is 12.9 Å². The molecule has 0 saturated heterocycles. The Balaban J connectivity index is 2.89. The summed E-state index contributed by atoms with van der Waals surface area (Å²) in [5.41, 5.74) is 0.131. The third kappa shape index (κ3) is 3.42. The molecule has 76 valence electrons. The molecule has 0 fully saturated rings. The summed E-state index contributed by atoms with van der Waals surface area (Å²) in [7, 11) is 0. The zero-order chi connectivity index (χ0) is 10.8. The van der Waals surface area contributed by atoms with Crippen LogP contribution in [0.4, 0.5) is 17.3 Å². The van der Waals surface area contributed by atoms with Crippen LogP contribution in [0.15, 0.2) is 24.2 Å². The van der Waals surface area contributed by atoms with Crippen molar-refractivity contribution in [2.45, 2.75) is 0 Å². The topological polar surface area (TPSA) is 0 Å². The lowest BCUT2D eigenvalue weighted by Crippen LogP contribution is -2.09. The first-order chi connectivity index (χ1) is 6.38. The van der Waals surface area contributed by atoms with Crippen LogP contribution >= 0.6 is 11.6 Å². The highest BCUT2D eigenvalue weighted by molar-refractivity contribution is 6.64. The van der Waals surface area contributed by atoms with E-state index < -0.39 is 12.8 Å². The maximum absolute atomic E-state index is 12.8. The lowest BCUT2D eigenvalue weighted by molar-refractivity contribution is 0.499. The molecule has 0 heterocycles. The van der Waals surface area contributed by atoms with Crippen LogP contribution in [0.5, 0.6) is 0 Å². The van der Waals surface area contributed by atoms with Crippen LogP contribution in [0.3, 0.4) is 0 Å². The highest BCUT2D eigenvalue weighted by Crippen LogP contribution is 2.18. The molecular weight excluding hydrogens is 218 g/mol. The Morgan fingerprint density at radius 2 is 1.86 bits per heavy atom. The highest BCUT2D eigenvalue weighted by Gasteiger charge is 2.16. The summed E-state index contributed by atoms with van der Waals surface area (Å²) in [6.07, 6.45) is 0.805. The van der Waals surface area contributed by atoms with Crippen molar-refractivity contribution >= 4 is 24.7 Å². The highest BCUT2D eigenvalue weighted by atomic mass is 35.5. The molecule has 1 aromatic rings. The Hall–Kier alpha value is -0.965. The van der Waals surface area contributed by atoms with Gasteiger partial charge in [-0.25, -0.2) is 4.39 Å². The van der Waals surface area contributed by atoms with E-state index >= 15 is 0 Å². The molecule has 0 aromatic heterocycles. The van der Waals surface area contributed by atoms with Crippen molar-refractivity contribution < 1.29 is 17.3 Å². The molecule has 0 aliphatic heterocycles. The predicted octanol–water partition coefficient (Wildman–Crippen LogP) is 3.88. The maximum atomic E-state index is 12.8. The first-order valence-electron chi connectivity index (χ1n) is 3.73. The molecular formula is C8H5BClF4-. The van der Waals surface area contributed by atoms with E-state index in [1.54, 1.807) is 0 Å². The molecule has 1 rings (SSSR count). The first-order valence-corrected chi connectivity index (χ1v) is 4.10. The van der Waals surface area contributed by atoms with Crippen molar-refractivity contribution in [3.05, 3.63) is 40.6 Å². The zero-order valence-corrected chi connectivity index (χ0v) is 7.61. The van der Waals surface area contributed by atoms with Gasteiger partial charge in [-0.05, 0) is 17.7 Å². The molecule has 0 bridgehead atoms. The molecule has 0 nitrogen and oxygen atoms in total. The predicted molar refractivity (Wildman–Crippen MR) is 49.5 cm³/mol. The number of rotatable bonds is 2. The molecule has 6 heteroatoms. The van der Waals surface area contributed by atoms with Crippen molar-refractivity contribution in [1.29, 1.82) is 0 Å². The van der Waals surface area contributed by atoms with Gasteiger partial charge in [-0.15, -0.1) is 5.98 Å². The average molecular weight is 223 g/mol. The van der Waals surface area contributed by atoms with Crippen molar-refractivity contribution in [2.24, 2.45) is 0 Å². The number of halogens is 5. The Labute approximate surface area is 83.2 Å². The SMILES string of the molecule is Fc1cc(/C=C/[B-](F)(F)F)ccc1Cl. The zero-order valence-electron chi connectivity index (χ0n) is 6.85. The van der Waals surface area contributed by atoms with Crippen molar-refractivity contribution in [1.82, 2.24) is 0 Å². The van der Waals surface area contributed by atoms with E-state index in [2.05, 4.69) is 0 Å². The number of hydrogen-bond donors (Lipinski definition) is 0. The van der Waals surface area contributed by atoms with Gasteiger partial charge in [0.2, 0.25) is 0 Å². The van der Waals surface area contributed by atoms with Crippen LogP contribution in [0.2, 0.25) is 5.02 Å². The molecule has 0 spiro atoms. The monoisotopic (exact) mass is 223 g/mol. The average Bonchev–Trinajstić information content (AvgIpc) is 2.06. The van der Waals surface area contributed by atoms with Crippen LogP contribution in [0.25, 0.3) is 6.08 Å². The van der Waals surface area contributed by atoms with E-state index in [1.807, 2.05) is 0 Å². The number of benzene rings is 1. The minimum atomic E-state index is -4.98. The molecule has 0 radical (unpaired) electrons. The summed E-state index contributed by atoms with van der Waals surface area (Å²) in [6.45, 7) is -4.98. The van der Waals surface area contributed by atoms with Gasteiger partial charge in [0.05, 0.1) is 5.02 Å². The molecule has 14 heavy (non-hydrogen) atoms. The smallest absolute Gasteiger partial charge is 0.445 e. The van der Waals surface area contributed by atoms with Crippen LogP contribution in [-0.2, 0) is 0 Å². The van der Waals surface area contributed by atoms with E-state index in [9.17, 15) is 17.3 Å². The van der Waals surface area contributed by atoms with E-state index in [1.165, 1.54) is 12.1 Å². The third-order valence-electron chi connectivity index (χ3n) is 1.45. The maximum Gasteiger partial charge on any atom is 0.502 e. The van der Waals surface area contributed by atoms with Crippen LogP contribution < -0.4 is 0 Å². The largest absolute Gasteiger partial charge is 0.502 e. The van der Waals surface area contributed by atoms with E-state index in [0.717, 1.165) is 12.1 Å². The molecule has 0 amide bonds. The van der Waals surface area contributed by atoms with Gasteiger partial charge in [-0.1, -0.05) is 23.7 Å². The normalized spacial score (nSPS) is 12.4. The Kier molecular flexibility index (Phi) is 3.21. The second kappa shape index (κ2) is 4.04. The summed E-state index contributed by atoms with van der Waals surface area (Å²) in [4.78, 5) is 0. The van der Waals surface area contributed by atoms with Gasteiger partial charge in [-0.3, -0.25) is 0 Å². The van der Waals surface area contributed by atoms with E-state index in [-0.39, 0.29) is 16.6 Å². The summed E-state index contributed by atoms with van der Waals surface area (Å²) in [5, 5.41) is -0.111. The summed E-state index contributed by atoms with van der Waals surface area (Å²) >= 11 is 5.35.